The maximum atomic E-state index is 12.1. The van der Waals surface area contributed by atoms with Crippen LogP contribution >= 0.6 is 0 Å². The number of aromatic nitrogens is 3. The number of carbonyl (C=O) groups excluding carboxylic acids is 1. The van der Waals surface area contributed by atoms with E-state index >= 15 is 0 Å². The van der Waals surface area contributed by atoms with Gasteiger partial charge in [-0.25, -0.2) is 0 Å². The quantitative estimate of drug-likeness (QED) is 0.780. The molecule has 3 rings (SSSR count). The average molecular weight is 349 g/mol. The molecular weight excluding hydrogens is 318 g/mol. The fourth-order valence-corrected chi connectivity index (χ4v) is 3.92. The molecule has 3 heterocycles. The minimum absolute atomic E-state index is 0.198. The van der Waals surface area contributed by atoms with Crippen LogP contribution in [0.5, 0.6) is 0 Å². The van der Waals surface area contributed by atoms with Gasteiger partial charge in [0.1, 0.15) is 11.6 Å². The monoisotopic (exact) mass is 349 g/mol. The number of hydrogen-bond donors (Lipinski definition) is 0. The first-order valence-electron chi connectivity index (χ1n) is 9.56. The largest absolute Gasteiger partial charge is 0.384 e. The van der Waals surface area contributed by atoms with Crippen molar-refractivity contribution in [2.75, 3.05) is 39.9 Å². The van der Waals surface area contributed by atoms with Crippen LogP contribution in [0.15, 0.2) is 0 Å². The van der Waals surface area contributed by atoms with Gasteiger partial charge in [0.25, 0.3) is 0 Å². The fraction of sp³-hybridized carbons (Fsp3) is 0.833. The van der Waals surface area contributed by atoms with Gasteiger partial charge < -0.3 is 14.2 Å². The van der Waals surface area contributed by atoms with E-state index in [0.29, 0.717) is 18.9 Å². The lowest BCUT2D eigenvalue weighted by atomic mass is 9.95. The molecule has 2 aliphatic rings. The van der Waals surface area contributed by atoms with E-state index in [1.54, 1.807) is 7.11 Å². The maximum absolute atomic E-state index is 12.1. The Morgan fingerprint density at radius 1 is 1.12 bits per heavy atom. The minimum Gasteiger partial charge on any atom is -0.384 e. The van der Waals surface area contributed by atoms with Crippen molar-refractivity contribution in [1.29, 1.82) is 0 Å². The molecule has 140 valence electrons. The summed E-state index contributed by atoms with van der Waals surface area (Å²) in [6.45, 7) is 5.36. The van der Waals surface area contributed by atoms with E-state index in [9.17, 15) is 4.79 Å². The third-order valence-corrected chi connectivity index (χ3v) is 5.55. The molecule has 1 aromatic heterocycles. The lowest BCUT2D eigenvalue weighted by Crippen LogP contribution is -2.38. The predicted molar refractivity (Wildman–Crippen MR) is 95.2 cm³/mol. The van der Waals surface area contributed by atoms with E-state index in [0.717, 1.165) is 44.1 Å². The first-order chi connectivity index (χ1) is 12.2. The molecule has 0 atom stereocenters. The number of nitrogens with zero attached hydrogens (tertiary/aromatic N) is 5. The summed E-state index contributed by atoms with van der Waals surface area (Å²) < 4.78 is 7.18. The molecule has 0 bridgehead atoms. The topological polar surface area (TPSA) is 63.5 Å². The van der Waals surface area contributed by atoms with Crippen molar-refractivity contribution in [1.82, 2.24) is 24.6 Å². The van der Waals surface area contributed by atoms with Crippen molar-refractivity contribution < 1.29 is 9.53 Å². The van der Waals surface area contributed by atoms with Crippen LogP contribution in [0.25, 0.3) is 0 Å². The van der Waals surface area contributed by atoms with Crippen molar-refractivity contribution in [3.05, 3.63) is 11.6 Å². The number of likely N-dealkylation sites (tertiary alicyclic amines) is 2. The molecule has 2 fully saturated rings. The summed E-state index contributed by atoms with van der Waals surface area (Å²) in [5.41, 5.74) is 0. The lowest BCUT2D eigenvalue weighted by Gasteiger charge is -2.31. The Morgan fingerprint density at radius 2 is 1.84 bits per heavy atom. The van der Waals surface area contributed by atoms with Gasteiger partial charge in [0.2, 0.25) is 5.91 Å². The third kappa shape index (κ3) is 4.58. The zero-order valence-electron chi connectivity index (χ0n) is 15.6. The first-order valence-corrected chi connectivity index (χ1v) is 9.56. The summed E-state index contributed by atoms with van der Waals surface area (Å²) in [4.78, 5) is 16.5. The second-order valence-corrected chi connectivity index (χ2v) is 7.27. The molecule has 0 spiro atoms. The first kappa shape index (κ1) is 18.3. The number of piperidine rings is 2. The zero-order valence-corrected chi connectivity index (χ0v) is 15.6. The van der Waals surface area contributed by atoms with Crippen LogP contribution < -0.4 is 0 Å². The van der Waals surface area contributed by atoms with Crippen LogP contribution in [0.4, 0.5) is 0 Å². The number of ether oxygens (including phenoxy) is 1. The minimum atomic E-state index is 0.198. The van der Waals surface area contributed by atoms with E-state index in [2.05, 4.69) is 26.7 Å². The van der Waals surface area contributed by atoms with Crippen molar-refractivity contribution >= 4 is 5.91 Å². The van der Waals surface area contributed by atoms with Gasteiger partial charge in [-0.15, -0.1) is 10.2 Å². The van der Waals surface area contributed by atoms with Gasteiger partial charge >= 0.3 is 0 Å². The SMILES string of the molecule is COCCC(=O)N1CCC(c2nnc(CN3CCCCC3)n2C)CC1. The highest BCUT2D eigenvalue weighted by Crippen LogP contribution is 2.27. The maximum Gasteiger partial charge on any atom is 0.224 e. The van der Waals surface area contributed by atoms with E-state index < -0.39 is 0 Å². The molecule has 0 N–H and O–H groups in total. The normalized spacial score (nSPS) is 20.2. The summed E-state index contributed by atoms with van der Waals surface area (Å²) in [6.07, 6.45) is 6.34. The summed E-state index contributed by atoms with van der Waals surface area (Å²) in [5.74, 6) is 2.75. The van der Waals surface area contributed by atoms with Gasteiger partial charge in [-0.2, -0.15) is 0 Å². The summed E-state index contributed by atoms with van der Waals surface area (Å²) in [6, 6.07) is 0. The molecule has 0 radical (unpaired) electrons. The van der Waals surface area contributed by atoms with Gasteiger partial charge in [0.05, 0.1) is 19.6 Å². The van der Waals surface area contributed by atoms with Crippen LogP contribution in [0, 0.1) is 0 Å². The number of rotatable bonds is 6. The number of carbonyl (C=O) groups is 1. The lowest BCUT2D eigenvalue weighted by molar-refractivity contribution is -0.133. The van der Waals surface area contributed by atoms with E-state index in [-0.39, 0.29) is 5.91 Å². The standard InChI is InChI=1S/C18H31N5O2/c1-21-16(14-22-9-4-3-5-10-22)19-20-18(21)15-6-11-23(12-7-15)17(24)8-13-25-2/h15H,3-14H2,1-2H3. The van der Waals surface area contributed by atoms with Crippen molar-refractivity contribution in [2.45, 2.75) is 51.0 Å². The van der Waals surface area contributed by atoms with Crippen molar-refractivity contribution in [2.24, 2.45) is 7.05 Å². The molecule has 0 aromatic carbocycles. The molecule has 0 saturated carbocycles. The number of hydrogen-bond acceptors (Lipinski definition) is 5. The Labute approximate surface area is 150 Å². The van der Waals surface area contributed by atoms with Gasteiger partial charge in [-0.3, -0.25) is 9.69 Å². The third-order valence-electron chi connectivity index (χ3n) is 5.55. The smallest absolute Gasteiger partial charge is 0.224 e. The van der Waals surface area contributed by atoms with Crippen LogP contribution in [0.1, 0.15) is 56.1 Å². The second-order valence-electron chi connectivity index (χ2n) is 7.27. The number of methoxy groups -OCH3 is 1. The molecule has 0 unspecified atom stereocenters. The van der Waals surface area contributed by atoms with Crippen molar-refractivity contribution in [3.8, 4) is 0 Å². The highest BCUT2D eigenvalue weighted by atomic mass is 16.5. The predicted octanol–water partition coefficient (Wildman–Crippen LogP) is 1.54. The van der Waals surface area contributed by atoms with Crippen molar-refractivity contribution in [3.63, 3.8) is 0 Å². The van der Waals surface area contributed by atoms with Crippen LogP contribution in [0.2, 0.25) is 0 Å². The van der Waals surface area contributed by atoms with Crippen LogP contribution in [-0.2, 0) is 23.1 Å². The van der Waals surface area contributed by atoms with E-state index in [1.165, 1.54) is 32.4 Å². The highest BCUT2D eigenvalue weighted by molar-refractivity contribution is 5.76. The van der Waals surface area contributed by atoms with E-state index in [4.69, 9.17) is 4.74 Å². The Hall–Kier alpha value is -1.47. The summed E-state index contributed by atoms with van der Waals surface area (Å²) in [7, 11) is 3.72. The Balaban J connectivity index is 1.54. The Bertz CT molecular complexity index is 560. The van der Waals surface area contributed by atoms with Gasteiger partial charge in [0.15, 0.2) is 0 Å². The molecule has 0 aliphatic carbocycles. The zero-order chi connectivity index (χ0) is 17.6. The molecule has 7 nitrogen and oxygen atoms in total. The highest BCUT2D eigenvalue weighted by Gasteiger charge is 2.27. The fourth-order valence-electron chi connectivity index (χ4n) is 3.92. The number of amides is 1. The molecule has 2 aliphatic heterocycles. The molecule has 2 saturated heterocycles. The van der Waals surface area contributed by atoms with Crippen LogP contribution in [-0.4, -0.2) is 70.4 Å². The van der Waals surface area contributed by atoms with Crippen LogP contribution in [0.3, 0.4) is 0 Å². The summed E-state index contributed by atoms with van der Waals surface area (Å²) in [5, 5.41) is 8.94. The molecular formula is C18H31N5O2. The van der Waals surface area contributed by atoms with Gasteiger partial charge in [-0.05, 0) is 38.8 Å². The molecule has 1 amide bonds. The Morgan fingerprint density at radius 3 is 2.52 bits per heavy atom. The Kier molecular flexibility index (Phi) is 6.42. The van der Waals surface area contributed by atoms with Gasteiger partial charge in [-0.1, -0.05) is 6.42 Å². The summed E-state index contributed by atoms with van der Waals surface area (Å²) >= 11 is 0. The average Bonchev–Trinajstić information content (AvgIpc) is 3.01. The molecule has 25 heavy (non-hydrogen) atoms. The molecule has 7 heteroatoms. The second kappa shape index (κ2) is 8.76. The molecule has 1 aromatic rings. The van der Waals surface area contributed by atoms with Gasteiger partial charge in [0, 0.05) is 33.2 Å². The van der Waals surface area contributed by atoms with E-state index in [1.807, 2.05) is 4.90 Å².